The van der Waals surface area contributed by atoms with Crippen LogP contribution in [0.2, 0.25) is 0 Å². The minimum atomic E-state index is -0.720. The molecule has 1 N–H and O–H groups in total. The van der Waals surface area contributed by atoms with Gasteiger partial charge >= 0.3 is 0 Å². The second kappa shape index (κ2) is 6.08. The van der Waals surface area contributed by atoms with Crippen molar-refractivity contribution in [1.82, 2.24) is 10.3 Å². The summed E-state index contributed by atoms with van der Waals surface area (Å²) in [6, 6.07) is 6.33. The van der Waals surface area contributed by atoms with Gasteiger partial charge in [-0.1, -0.05) is 6.07 Å². The molecular weight excluding hydrogens is 277 g/mol. The molecule has 0 radical (unpaired) electrons. The minimum absolute atomic E-state index is 0.153. The van der Waals surface area contributed by atoms with Crippen LogP contribution in [-0.2, 0) is 6.54 Å². The average molecular weight is 289 g/mol. The summed E-state index contributed by atoms with van der Waals surface area (Å²) in [5.74, 6) is -1.41. The Balaban J connectivity index is 2.15. The van der Waals surface area contributed by atoms with Crippen LogP contribution in [0, 0.1) is 22.9 Å². The number of carbonyl (C=O) groups is 1. The Hall–Kier alpha value is -2.83. The molecule has 2 aromatic rings. The second-order valence-electron chi connectivity index (χ2n) is 4.41. The van der Waals surface area contributed by atoms with Crippen LogP contribution in [0.1, 0.15) is 21.6 Å². The number of hydrogen-bond acceptors (Lipinski definition) is 4. The normalized spacial score (nSPS) is 10.2. The highest BCUT2D eigenvalue weighted by Gasteiger charge is 2.20. The molecule has 21 heavy (non-hydrogen) atoms. The molecule has 0 aliphatic heterocycles. The summed E-state index contributed by atoms with van der Waals surface area (Å²) in [6.45, 7) is 1.98. The van der Waals surface area contributed by atoms with Crippen molar-refractivity contribution in [3.63, 3.8) is 0 Å². The van der Waals surface area contributed by atoms with Gasteiger partial charge in [0.2, 0.25) is 0 Å². The first-order valence-corrected chi connectivity index (χ1v) is 6.11. The van der Waals surface area contributed by atoms with Gasteiger partial charge in [-0.15, -0.1) is 0 Å². The number of nitro benzene ring substituents is 1. The lowest BCUT2D eigenvalue weighted by Crippen LogP contribution is -2.24. The van der Waals surface area contributed by atoms with E-state index in [1.54, 1.807) is 18.3 Å². The molecule has 0 aliphatic carbocycles. The van der Waals surface area contributed by atoms with Crippen molar-refractivity contribution in [1.29, 1.82) is 0 Å². The zero-order chi connectivity index (χ0) is 15.4. The fraction of sp³-hybridized carbons (Fsp3) is 0.143. The molecule has 0 saturated carbocycles. The summed E-state index contributed by atoms with van der Waals surface area (Å²) >= 11 is 0. The fourth-order valence-electron chi connectivity index (χ4n) is 1.73. The molecule has 6 nitrogen and oxygen atoms in total. The molecule has 2 rings (SSSR count). The number of carbonyl (C=O) groups excluding carboxylic acids is 1. The Kier molecular flexibility index (Phi) is 4.22. The van der Waals surface area contributed by atoms with Gasteiger partial charge in [0.15, 0.2) is 0 Å². The van der Waals surface area contributed by atoms with Crippen molar-refractivity contribution in [2.45, 2.75) is 13.5 Å². The maximum atomic E-state index is 13.2. The number of nitro groups is 1. The number of hydrogen-bond donors (Lipinski definition) is 1. The van der Waals surface area contributed by atoms with Crippen LogP contribution in [0.25, 0.3) is 0 Å². The molecule has 1 amide bonds. The molecule has 1 aromatic heterocycles. The number of nitrogens with zero attached hydrogens (tertiary/aromatic N) is 2. The van der Waals surface area contributed by atoms with Crippen molar-refractivity contribution in [2.24, 2.45) is 0 Å². The summed E-state index contributed by atoms with van der Waals surface area (Å²) in [4.78, 5) is 26.2. The molecule has 0 spiro atoms. The first kappa shape index (κ1) is 14.6. The number of halogens is 1. The van der Waals surface area contributed by atoms with Crippen molar-refractivity contribution in [2.75, 3.05) is 0 Å². The smallest absolute Gasteiger partial charge is 0.282 e. The summed E-state index contributed by atoms with van der Waals surface area (Å²) in [5.41, 5.74) is 0.842. The second-order valence-corrected chi connectivity index (χ2v) is 4.41. The third kappa shape index (κ3) is 3.59. The number of rotatable bonds is 4. The summed E-state index contributed by atoms with van der Waals surface area (Å²) in [7, 11) is 0. The standard InChI is InChI=1S/C14H12FN3O3/c1-9-2-3-10(7-16-9)8-17-14(19)12-6-11(15)4-5-13(12)18(20)21/h2-7H,8H2,1H3,(H,17,19). The number of aryl methyl sites for hydroxylation is 1. The van der Waals surface area contributed by atoms with Crippen LogP contribution in [0.15, 0.2) is 36.5 Å². The van der Waals surface area contributed by atoms with Gasteiger partial charge in [0.25, 0.3) is 11.6 Å². The fourth-order valence-corrected chi connectivity index (χ4v) is 1.73. The number of nitrogens with one attached hydrogen (secondary N) is 1. The first-order chi connectivity index (χ1) is 9.97. The lowest BCUT2D eigenvalue weighted by molar-refractivity contribution is -0.385. The Morgan fingerprint density at radius 3 is 2.76 bits per heavy atom. The number of pyridine rings is 1. The number of benzene rings is 1. The van der Waals surface area contributed by atoms with E-state index in [9.17, 15) is 19.3 Å². The third-order valence-electron chi connectivity index (χ3n) is 2.83. The average Bonchev–Trinajstić information content (AvgIpc) is 2.46. The Morgan fingerprint density at radius 1 is 1.38 bits per heavy atom. The molecule has 0 atom stereocenters. The van der Waals surface area contributed by atoms with Crippen LogP contribution in [-0.4, -0.2) is 15.8 Å². The van der Waals surface area contributed by atoms with E-state index in [0.717, 1.165) is 29.5 Å². The van der Waals surface area contributed by atoms with Crippen LogP contribution in [0.4, 0.5) is 10.1 Å². The molecule has 1 heterocycles. The maximum Gasteiger partial charge on any atom is 0.282 e. The quantitative estimate of drug-likeness (QED) is 0.691. The van der Waals surface area contributed by atoms with Gasteiger partial charge in [0, 0.05) is 24.5 Å². The van der Waals surface area contributed by atoms with E-state index in [1.165, 1.54) is 0 Å². The monoisotopic (exact) mass is 289 g/mol. The van der Waals surface area contributed by atoms with Crippen molar-refractivity contribution < 1.29 is 14.1 Å². The van der Waals surface area contributed by atoms with Gasteiger partial charge in [-0.25, -0.2) is 4.39 Å². The predicted octanol–water partition coefficient (Wildman–Crippen LogP) is 2.37. The molecule has 0 bridgehead atoms. The van der Waals surface area contributed by atoms with Gasteiger partial charge in [0.1, 0.15) is 11.4 Å². The summed E-state index contributed by atoms with van der Waals surface area (Å²) < 4.78 is 13.2. The zero-order valence-corrected chi connectivity index (χ0v) is 11.2. The van der Waals surface area contributed by atoms with E-state index in [2.05, 4.69) is 10.3 Å². The van der Waals surface area contributed by atoms with E-state index in [0.29, 0.717) is 0 Å². The number of amides is 1. The number of aromatic nitrogens is 1. The molecule has 0 unspecified atom stereocenters. The van der Waals surface area contributed by atoms with Crippen LogP contribution in [0.5, 0.6) is 0 Å². The van der Waals surface area contributed by atoms with E-state index in [-0.39, 0.29) is 12.1 Å². The van der Waals surface area contributed by atoms with Gasteiger partial charge in [-0.3, -0.25) is 19.9 Å². The molecule has 1 aromatic carbocycles. The maximum absolute atomic E-state index is 13.2. The molecular formula is C14H12FN3O3. The van der Waals surface area contributed by atoms with E-state index in [4.69, 9.17) is 0 Å². The lowest BCUT2D eigenvalue weighted by atomic mass is 10.1. The van der Waals surface area contributed by atoms with Gasteiger partial charge in [-0.2, -0.15) is 0 Å². The highest BCUT2D eigenvalue weighted by atomic mass is 19.1. The molecule has 0 aliphatic rings. The van der Waals surface area contributed by atoms with Crippen molar-refractivity contribution in [3.8, 4) is 0 Å². The van der Waals surface area contributed by atoms with Crippen LogP contribution >= 0.6 is 0 Å². The van der Waals surface area contributed by atoms with E-state index in [1.807, 2.05) is 6.92 Å². The lowest BCUT2D eigenvalue weighted by Gasteiger charge is -2.06. The van der Waals surface area contributed by atoms with Gasteiger partial charge < -0.3 is 5.32 Å². The third-order valence-corrected chi connectivity index (χ3v) is 2.83. The van der Waals surface area contributed by atoms with Crippen LogP contribution < -0.4 is 5.32 Å². The molecule has 108 valence electrons. The summed E-state index contributed by atoms with van der Waals surface area (Å²) in [5, 5.41) is 13.3. The molecule has 7 heteroatoms. The predicted molar refractivity (Wildman–Crippen MR) is 73.2 cm³/mol. The van der Waals surface area contributed by atoms with Gasteiger partial charge in [0.05, 0.1) is 4.92 Å². The zero-order valence-electron chi connectivity index (χ0n) is 11.2. The van der Waals surface area contributed by atoms with Crippen LogP contribution in [0.3, 0.4) is 0 Å². The largest absolute Gasteiger partial charge is 0.348 e. The summed E-state index contributed by atoms with van der Waals surface area (Å²) in [6.07, 6.45) is 1.59. The Bertz CT molecular complexity index is 686. The highest BCUT2D eigenvalue weighted by molar-refractivity contribution is 5.98. The van der Waals surface area contributed by atoms with Gasteiger partial charge in [-0.05, 0) is 30.7 Å². The van der Waals surface area contributed by atoms with E-state index < -0.39 is 22.3 Å². The van der Waals surface area contributed by atoms with Crippen molar-refractivity contribution in [3.05, 3.63) is 69.3 Å². The first-order valence-electron chi connectivity index (χ1n) is 6.11. The molecule has 0 fully saturated rings. The highest BCUT2D eigenvalue weighted by Crippen LogP contribution is 2.19. The minimum Gasteiger partial charge on any atom is -0.348 e. The molecule has 0 saturated heterocycles. The topological polar surface area (TPSA) is 85.1 Å². The van der Waals surface area contributed by atoms with Crippen molar-refractivity contribution >= 4 is 11.6 Å². The van der Waals surface area contributed by atoms with E-state index >= 15 is 0 Å². The Morgan fingerprint density at radius 2 is 2.14 bits per heavy atom. The Labute approximate surface area is 119 Å². The SMILES string of the molecule is Cc1ccc(CNC(=O)c2cc(F)ccc2[N+](=O)[O-])cn1.